The van der Waals surface area contributed by atoms with Crippen LogP contribution in [0.15, 0.2) is 91.0 Å². The Morgan fingerprint density at radius 3 is 1.60 bits per heavy atom. The fourth-order valence-corrected chi connectivity index (χ4v) is 10.6. The van der Waals surface area contributed by atoms with Crippen LogP contribution in [0.3, 0.4) is 0 Å². The lowest BCUT2D eigenvalue weighted by Crippen LogP contribution is -2.65. The van der Waals surface area contributed by atoms with Crippen molar-refractivity contribution in [3.05, 3.63) is 108 Å². The van der Waals surface area contributed by atoms with Crippen LogP contribution in [0.1, 0.15) is 78.5 Å². The molecule has 10 nitrogen and oxygen atoms in total. The number of fused-ring (bicyclic) bond motifs is 1. The van der Waals surface area contributed by atoms with Gasteiger partial charge >= 0.3 is 0 Å². The molecule has 2 saturated heterocycles. The smallest absolute Gasteiger partial charge is 0.192 e. The van der Waals surface area contributed by atoms with Crippen LogP contribution in [0.2, 0.25) is 36.3 Å². The van der Waals surface area contributed by atoms with Gasteiger partial charge in [-0.15, -0.1) is 0 Å². The van der Waals surface area contributed by atoms with Gasteiger partial charge in [-0.05, 0) is 73.2 Å². The summed E-state index contributed by atoms with van der Waals surface area (Å²) in [5.74, 6) is -0.783. The maximum absolute atomic E-state index is 7.28. The van der Waals surface area contributed by atoms with Crippen molar-refractivity contribution >= 4 is 16.6 Å². The minimum Gasteiger partial charge on any atom is -0.416 e. The fourth-order valence-electron chi connectivity index (χ4n) is 8.23. The second-order valence-electron chi connectivity index (χ2n) is 21.0. The Labute approximate surface area is 375 Å². The first-order valence-electron chi connectivity index (χ1n) is 22.7. The third kappa shape index (κ3) is 12.3. The lowest BCUT2D eigenvalue weighted by atomic mass is 9.79. The summed E-state index contributed by atoms with van der Waals surface area (Å²) in [6.07, 6.45) is -2.76. The highest BCUT2D eigenvalue weighted by molar-refractivity contribution is 6.74. The van der Waals surface area contributed by atoms with Gasteiger partial charge in [-0.3, -0.25) is 0 Å². The van der Waals surface area contributed by atoms with Crippen molar-refractivity contribution in [1.29, 1.82) is 0 Å². The Hall–Kier alpha value is -2.31. The second kappa shape index (κ2) is 20.5. The summed E-state index contributed by atoms with van der Waals surface area (Å²) in [4.78, 5) is 0. The topological polar surface area (TPSA) is 95.1 Å². The summed E-state index contributed by atoms with van der Waals surface area (Å²) in [5, 5.41) is 4.10. The van der Waals surface area contributed by atoms with Gasteiger partial charge in [-0.1, -0.05) is 133 Å². The molecule has 1 aliphatic carbocycles. The van der Waals surface area contributed by atoms with Crippen molar-refractivity contribution in [1.82, 2.24) is 5.32 Å². The van der Waals surface area contributed by atoms with E-state index < -0.39 is 53.1 Å². The molecule has 12 heteroatoms. The van der Waals surface area contributed by atoms with E-state index in [1.165, 1.54) is 0 Å². The van der Waals surface area contributed by atoms with Crippen LogP contribution >= 0.6 is 0 Å². The third-order valence-electron chi connectivity index (χ3n) is 13.9. The van der Waals surface area contributed by atoms with E-state index in [-0.39, 0.29) is 40.3 Å². The van der Waals surface area contributed by atoms with Crippen LogP contribution in [0, 0.1) is 5.92 Å². The van der Waals surface area contributed by atoms with Crippen molar-refractivity contribution < 1.29 is 42.0 Å². The van der Waals surface area contributed by atoms with E-state index >= 15 is 0 Å². The quantitative estimate of drug-likeness (QED) is 0.124. The van der Waals surface area contributed by atoms with Crippen molar-refractivity contribution in [2.24, 2.45) is 5.92 Å². The van der Waals surface area contributed by atoms with E-state index in [4.69, 9.17) is 42.0 Å². The molecule has 2 aliphatic heterocycles. The van der Waals surface area contributed by atoms with E-state index in [1.807, 2.05) is 68.4 Å². The summed E-state index contributed by atoms with van der Waals surface area (Å²) in [5.41, 5.74) is 3.17. The standard InChI is InChI=1S/C50H77NO9Si2/c1-48(2,3)61(10,11)56-34-38-39(29-40(60-62(12,13)49(4,5)6)44-42(38)58-50(7,8)59-44)51-30-41-43(53-31-35-23-17-14-18-24-35)45(54-32-36-25-19-15-20-26-36)46(47(52-9)57-41)55-33-37-27-21-16-22-28-37/h14-28,38-47,51H,29-34H2,1-13H3/t38-,39+,40-,41+,42+,43+,44+,45-,46+,47+/m0/s1. The van der Waals surface area contributed by atoms with Crippen LogP contribution in [-0.4, -0.2) is 97.7 Å². The van der Waals surface area contributed by atoms with Gasteiger partial charge in [0.15, 0.2) is 28.7 Å². The van der Waals surface area contributed by atoms with Crippen molar-refractivity contribution in [3.63, 3.8) is 0 Å². The van der Waals surface area contributed by atoms with E-state index in [1.54, 1.807) is 7.11 Å². The molecule has 344 valence electrons. The Kier molecular flexibility index (Phi) is 16.2. The maximum Gasteiger partial charge on any atom is 0.192 e. The van der Waals surface area contributed by atoms with Gasteiger partial charge in [0.1, 0.15) is 30.5 Å². The fraction of sp³-hybridized carbons (Fsp3) is 0.640. The normalized spacial score (nSPS) is 29.4. The lowest BCUT2D eigenvalue weighted by molar-refractivity contribution is -0.317. The van der Waals surface area contributed by atoms with Crippen LogP contribution < -0.4 is 5.32 Å². The van der Waals surface area contributed by atoms with E-state index in [2.05, 4.69) is 109 Å². The van der Waals surface area contributed by atoms with E-state index in [0.29, 0.717) is 33.0 Å². The van der Waals surface area contributed by atoms with Gasteiger partial charge in [0, 0.05) is 32.2 Å². The molecule has 0 amide bonds. The van der Waals surface area contributed by atoms with Crippen LogP contribution in [0.25, 0.3) is 0 Å². The second-order valence-corrected chi connectivity index (χ2v) is 30.6. The first kappa shape index (κ1) is 49.1. The van der Waals surface area contributed by atoms with Crippen LogP contribution in [-0.2, 0) is 61.8 Å². The van der Waals surface area contributed by atoms with Crippen LogP contribution in [0.4, 0.5) is 0 Å². The zero-order chi connectivity index (χ0) is 44.9. The predicted octanol–water partition coefficient (Wildman–Crippen LogP) is 10.0. The first-order chi connectivity index (χ1) is 29.2. The number of benzene rings is 3. The molecule has 10 atom stereocenters. The minimum absolute atomic E-state index is 0.0188. The Balaban J connectivity index is 1.34. The molecule has 3 aromatic carbocycles. The number of hydrogen-bond donors (Lipinski definition) is 1. The molecule has 6 rings (SSSR count). The lowest BCUT2D eigenvalue weighted by Gasteiger charge is -2.49. The summed E-state index contributed by atoms with van der Waals surface area (Å²) in [6, 6.07) is 30.6. The van der Waals surface area contributed by atoms with Gasteiger partial charge in [-0.2, -0.15) is 0 Å². The number of ether oxygens (including phenoxy) is 7. The van der Waals surface area contributed by atoms with Crippen molar-refractivity contribution in [3.8, 4) is 0 Å². The first-order valence-corrected chi connectivity index (χ1v) is 28.6. The summed E-state index contributed by atoms with van der Waals surface area (Å²) in [7, 11) is -2.67. The molecule has 0 bridgehead atoms. The van der Waals surface area contributed by atoms with E-state index in [9.17, 15) is 0 Å². The molecule has 0 aromatic heterocycles. The number of nitrogens with one attached hydrogen (secondary N) is 1. The minimum atomic E-state index is -2.21. The Morgan fingerprint density at radius 1 is 0.645 bits per heavy atom. The molecular weight excluding hydrogens is 815 g/mol. The summed E-state index contributed by atoms with van der Waals surface area (Å²) >= 11 is 0. The zero-order valence-corrected chi connectivity index (χ0v) is 41.9. The predicted molar refractivity (Wildman–Crippen MR) is 250 cm³/mol. The van der Waals surface area contributed by atoms with Gasteiger partial charge in [0.25, 0.3) is 0 Å². The number of methoxy groups -OCH3 is 1. The average molecular weight is 892 g/mol. The summed E-state index contributed by atoms with van der Waals surface area (Å²) in [6.45, 7) is 29.1. The van der Waals surface area contributed by atoms with E-state index in [0.717, 1.165) is 23.1 Å². The molecule has 1 N–H and O–H groups in total. The van der Waals surface area contributed by atoms with Gasteiger partial charge in [0.05, 0.1) is 32.0 Å². The molecule has 0 radical (unpaired) electrons. The monoisotopic (exact) mass is 892 g/mol. The average Bonchev–Trinajstić information content (AvgIpc) is 3.55. The highest BCUT2D eigenvalue weighted by Crippen LogP contribution is 2.46. The molecule has 3 aromatic rings. The van der Waals surface area contributed by atoms with Gasteiger partial charge in [0.2, 0.25) is 0 Å². The highest BCUT2D eigenvalue weighted by Gasteiger charge is 2.57. The molecule has 2 heterocycles. The Bertz CT molecular complexity index is 1800. The molecule has 62 heavy (non-hydrogen) atoms. The molecule has 0 spiro atoms. The van der Waals surface area contributed by atoms with Gasteiger partial charge in [-0.25, -0.2) is 0 Å². The Morgan fingerprint density at radius 2 is 1.11 bits per heavy atom. The van der Waals surface area contributed by atoms with Crippen LogP contribution in [0.5, 0.6) is 0 Å². The molecular formula is C50H77NO9Si2. The largest absolute Gasteiger partial charge is 0.416 e. The SMILES string of the molecule is CO[C@@H]1O[C@H](CN[C@@H]2C[C@H](O[Si](C)(C)C(C)(C)C)[C@H]3OC(C)(C)O[C@@H]3[C@H]2CO[Si](C)(C)C(C)(C)C)[C@@H](OCc2ccccc2)[C@H](OCc2ccccc2)[C@H]1OCc1ccccc1. The zero-order valence-electron chi connectivity index (χ0n) is 39.9. The molecule has 3 aliphatic rings. The molecule has 3 fully saturated rings. The van der Waals surface area contributed by atoms with Crippen molar-refractivity contribution in [2.75, 3.05) is 20.3 Å². The van der Waals surface area contributed by atoms with Gasteiger partial charge < -0.3 is 47.3 Å². The molecule has 0 unspecified atom stereocenters. The van der Waals surface area contributed by atoms with Crippen molar-refractivity contribution in [2.45, 2.75) is 179 Å². The number of rotatable bonds is 18. The third-order valence-corrected chi connectivity index (χ3v) is 22.9. The maximum atomic E-state index is 7.28. The molecule has 1 saturated carbocycles. The number of hydrogen-bond acceptors (Lipinski definition) is 10. The summed E-state index contributed by atoms with van der Waals surface area (Å²) < 4.78 is 61.7. The highest BCUT2D eigenvalue weighted by atomic mass is 28.4.